The number of benzene rings is 1. The Morgan fingerprint density at radius 1 is 1.23 bits per heavy atom. The number of hydrogen-bond donors (Lipinski definition) is 0. The van der Waals surface area contributed by atoms with Gasteiger partial charge in [0.25, 0.3) is 5.56 Å². The maximum absolute atomic E-state index is 13.9. The summed E-state index contributed by atoms with van der Waals surface area (Å²) in [6.45, 7) is 3.98. The molecule has 0 spiro atoms. The minimum absolute atomic E-state index is 0.207. The average molecular weight is 642 g/mol. The Kier molecular flexibility index (Phi) is 8.67. The summed E-state index contributed by atoms with van der Waals surface area (Å²) in [5.74, 6) is 0.605. The number of aromatic nitrogens is 3. The molecule has 0 fully saturated rings. The normalized spacial score (nSPS) is 15.1. The number of furan rings is 1. The maximum atomic E-state index is 13.9. The van der Waals surface area contributed by atoms with Crippen molar-refractivity contribution in [1.29, 1.82) is 0 Å². The second kappa shape index (κ2) is 12.4. The van der Waals surface area contributed by atoms with E-state index in [0.29, 0.717) is 53.3 Å². The first-order valence-corrected chi connectivity index (χ1v) is 15.0. The summed E-state index contributed by atoms with van der Waals surface area (Å²) in [4.78, 5) is 41.0. The highest BCUT2D eigenvalue weighted by Gasteiger charge is 2.34. The molecule has 4 aromatic rings. The fraction of sp³-hybridized carbons (Fsp3) is 0.250. The van der Waals surface area contributed by atoms with E-state index in [-0.39, 0.29) is 12.2 Å². The number of methoxy groups -OCH3 is 1. The van der Waals surface area contributed by atoms with E-state index in [1.54, 1.807) is 49.2 Å². The van der Waals surface area contributed by atoms with E-state index in [9.17, 15) is 9.59 Å². The number of rotatable bonds is 9. The Morgan fingerprint density at radius 2 is 2.02 bits per heavy atom. The molecule has 1 aliphatic heterocycles. The molecule has 1 aliphatic rings. The van der Waals surface area contributed by atoms with Gasteiger partial charge in [-0.05, 0) is 70.9 Å². The number of fused-ring (bicyclic) bond motifs is 1. The topological polar surface area (TPSA) is 109 Å². The number of nitrogens with zero attached hydrogens (tertiary/aromatic N) is 4. The molecule has 9 nitrogen and oxygen atoms in total. The molecule has 0 aliphatic carbocycles. The third-order valence-corrected chi connectivity index (χ3v) is 8.69. The molecule has 40 heavy (non-hydrogen) atoms. The van der Waals surface area contributed by atoms with Gasteiger partial charge >= 0.3 is 5.97 Å². The molecular weight excluding hydrogens is 616 g/mol. The molecule has 4 heterocycles. The molecule has 0 saturated heterocycles. The highest BCUT2D eigenvalue weighted by molar-refractivity contribution is 9.10. The van der Waals surface area contributed by atoms with Gasteiger partial charge in [-0.25, -0.2) is 19.8 Å². The van der Waals surface area contributed by atoms with Crippen molar-refractivity contribution in [2.45, 2.75) is 43.0 Å². The van der Waals surface area contributed by atoms with Crippen LogP contribution in [0.3, 0.4) is 0 Å². The largest absolute Gasteiger partial charge is 0.497 e. The molecule has 1 atom stereocenters. The number of allylic oxidation sites excluding steroid dienone is 1. The highest BCUT2D eigenvalue weighted by Crippen LogP contribution is 2.35. The molecule has 206 valence electrons. The zero-order chi connectivity index (χ0) is 28.2. The number of halogens is 1. The third-order valence-electron chi connectivity index (χ3n) is 5.98. The quantitative estimate of drug-likeness (QED) is 0.188. The van der Waals surface area contributed by atoms with E-state index in [1.165, 1.54) is 23.1 Å². The Bertz CT molecular complexity index is 1760. The molecule has 0 N–H and O–H groups in total. The van der Waals surface area contributed by atoms with Crippen LogP contribution in [0.2, 0.25) is 0 Å². The van der Waals surface area contributed by atoms with E-state index in [0.717, 1.165) is 12.0 Å². The predicted octanol–water partition coefficient (Wildman–Crippen LogP) is 4.88. The summed E-state index contributed by atoms with van der Waals surface area (Å²) in [7, 11) is 1.58. The fourth-order valence-corrected chi connectivity index (χ4v) is 6.54. The monoisotopic (exact) mass is 640 g/mol. The molecule has 5 rings (SSSR count). The van der Waals surface area contributed by atoms with Gasteiger partial charge in [0.05, 0.1) is 40.0 Å². The molecule has 1 aromatic carbocycles. The Balaban J connectivity index is 1.66. The SMILES string of the molecule is CCCC1=C(C(=O)OCC)[C@H](c2cccc(OC)c2)n2c(s/c(=C/c3cc(Br)c(Sc4ncccn4)o3)c2=O)=N1. The predicted molar refractivity (Wildman–Crippen MR) is 155 cm³/mol. The average Bonchev–Trinajstić information content (AvgIpc) is 3.46. The molecule has 0 radical (unpaired) electrons. The van der Waals surface area contributed by atoms with Crippen LogP contribution in [-0.2, 0) is 9.53 Å². The lowest BCUT2D eigenvalue weighted by molar-refractivity contribution is -0.139. The summed E-state index contributed by atoms with van der Waals surface area (Å²) in [5, 5.41) is 1.10. The van der Waals surface area contributed by atoms with Gasteiger partial charge in [0.1, 0.15) is 11.5 Å². The van der Waals surface area contributed by atoms with Crippen LogP contribution in [0, 0.1) is 0 Å². The van der Waals surface area contributed by atoms with Gasteiger partial charge in [-0.15, -0.1) is 0 Å². The third kappa shape index (κ3) is 5.70. The first-order chi connectivity index (χ1) is 19.4. The fourth-order valence-electron chi connectivity index (χ4n) is 4.31. The van der Waals surface area contributed by atoms with E-state index in [1.807, 2.05) is 31.2 Å². The van der Waals surface area contributed by atoms with Crippen molar-refractivity contribution in [3.05, 3.63) is 95.5 Å². The molecule has 12 heteroatoms. The van der Waals surface area contributed by atoms with Crippen LogP contribution in [0.15, 0.2) is 89.0 Å². The summed E-state index contributed by atoms with van der Waals surface area (Å²) in [5.41, 5.74) is 1.41. The van der Waals surface area contributed by atoms with Crippen molar-refractivity contribution in [2.24, 2.45) is 4.99 Å². The van der Waals surface area contributed by atoms with E-state index < -0.39 is 12.0 Å². The Morgan fingerprint density at radius 3 is 2.75 bits per heavy atom. The number of ether oxygens (including phenoxy) is 2. The van der Waals surface area contributed by atoms with Crippen LogP contribution in [0.4, 0.5) is 0 Å². The van der Waals surface area contributed by atoms with Gasteiger partial charge in [-0.3, -0.25) is 9.36 Å². The molecule has 0 bridgehead atoms. The van der Waals surface area contributed by atoms with Crippen molar-refractivity contribution >= 4 is 51.1 Å². The van der Waals surface area contributed by atoms with Crippen molar-refractivity contribution in [1.82, 2.24) is 14.5 Å². The highest BCUT2D eigenvalue weighted by atomic mass is 79.9. The summed E-state index contributed by atoms with van der Waals surface area (Å²) in [6, 6.07) is 10.2. The first kappa shape index (κ1) is 28.1. The number of carbonyl (C=O) groups excluding carboxylic acids is 1. The number of hydrogen-bond acceptors (Lipinski definition) is 10. The lowest BCUT2D eigenvalue weighted by atomic mass is 9.94. The lowest BCUT2D eigenvalue weighted by Crippen LogP contribution is -2.40. The van der Waals surface area contributed by atoms with Crippen LogP contribution in [0.5, 0.6) is 5.75 Å². The van der Waals surface area contributed by atoms with E-state index in [2.05, 4.69) is 25.9 Å². The number of esters is 1. The van der Waals surface area contributed by atoms with E-state index in [4.69, 9.17) is 18.9 Å². The number of thiazole rings is 1. The van der Waals surface area contributed by atoms with Crippen LogP contribution < -0.4 is 19.6 Å². The van der Waals surface area contributed by atoms with Crippen molar-refractivity contribution in [2.75, 3.05) is 13.7 Å². The minimum atomic E-state index is -0.723. The van der Waals surface area contributed by atoms with Crippen LogP contribution in [0.25, 0.3) is 6.08 Å². The zero-order valence-corrected chi connectivity index (χ0v) is 25.1. The van der Waals surface area contributed by atoms with Gasteiger partial charge in [0.2, 0.25) is 0 Å². The van der Waals surface area contributed by atoms with E-state index >= 15 is 0 Å². The van der Waals surface area contributed by atoms with Gasteiger partial charge in [-0.2, -0.15) is 0 Å². The second-order valence-electron chi connectivity index (χ2n) is 8.61. The van der Waals surface area contributed by atoms with Crippen molar-refractivity contribution in [3.63, 3.8) is 0 Å². The van der Waals surface area contributed by atoms with Gasteiger partial charge in [0.15, 0.2) is 15.1 Å². The first-order valence-electron chi connectivity index (χ1n) is 12.5. The lowest BCUT2D eigenvalue weighted by Gasteiger charge is -2.26. The molecular formula is C28H25BrN4O5S2. The molecule has 0 saturated carbocycles. The zero-order valence-electron chi connectivity index (χ0n) is 21.9. The van der Waals surface area contributed by atoms with Gasteiger partial charge in [0, 0.05) is 18.5 Å². The number of carbonyl (C=O) groups is 1. The molecule has 0 amide bonds. The molecule has 3 aromatic heterocycles. The van der Waals surface area contributed by atoms with Crippen LogP contribution in [0.1, 0.15) is 44.1 Å². The van der Waals surface area contributed by atoms with Crippen LogP contribution >= 0.6 is 39.0 Å². The molecule has 0 unspecified atom stereocenters. The van der Waals surface area contributed by atoms with Crippen molar-refractivity contribution < 1.29 is 18.7 Å². The minimum Gasteiger partial charge on any atom is -0.497 e. The van der Waals surface area contributed by atoms with Crippen LogP contribution in [-0.4, -0.2) is 34.2 Å². The Hall–Kier alpha value is -3.48. The summed E-state index contributed by atoms with van der Waals surface area (Å²) >= 11 is 6.04. The summed E-state index contributed by atoms with van der Waals surface area (Å²) in [6.07, 6.45) is 6.33. The standard InChI is InChI=1S/C28H25BrN4O5S2/c1-4-8-20-22(25(35)37-5-2)23(16-9-6-10-17(13-16)36-3)33-24(34)21(39-28(33)32-20)15-18-14-19(29)26(38-18)40-27-30-11-7-12-31-27/h6-7,9-15,23H,4-5,8H2,1-3H3/b21-15+/t23-/m0/s1. The second-order valence-corrected chi connectivity index (χ2v) is 11.4. The Labute approximate surface area is 246 Å². The maximum Gasteiger partial charge on any atom is 0.338 e. The van der Waals surface area contributed by atoms with Gasteiger partial charge < -0.3 is 13.9 Å². The summed E-state index contributed by atoms with van der Waals surface area (Å²) < 4.78 is 19.6. The van der Waals surface area contributed by atoms with Gasteiger partial charge in [-0.1, -0.05) is 36.8 Å². The smallest absolute Gasteiger partial charge is 0.338 e. The van der Waals surface area contributed by atoms with Crippen molar-refractivity contribution in [3.8, 4) is 5.75 Å².